The molecule has 0 atom stereocenters. The summed E-state index contributed by atoms with van der Waals surface area (Å²) in [6.07, 6.45) is 7.72. The molecule has 0 saturated heterocycles. The molecule has 2 aromatic carbocycles. The Hall–Kier alpha value is -1.83. The summed E-state index contributed by atoms with van der Waals surface area (Å²) in [5, 5.41) is 2.40. The van der Waals surface area contributed by atoms with Crippen LogP contribution in [0.5, 0.6) is 5.75 Å². The summed E-state index contributed by atoms with van der Waals surface area (Å²) < 4.78 is 5.86. The van der Waals surface area contributed by atoms with Crippen molar-refractivity contribution in [3.63, 3.8) is 0 Å². The Kier molecular flexibility index (Phi) is 7.12. The fourth-order valence-electron chi connectivity index (χ4n) is 2.73. The van der Waals surface area contributed by atoms with Crippen molar-refractivity contribution in [1.82, 2.24) is 0 Å². The lowest BCUT2D eigenvalue weighted by molar-refractivity contribution is -0.116. The van der Waals surface area contributed by atoms with E-state index in [4.69, 9.17) is 4.74 Å². The number of benzene rings is 2. The Balaban J connectivity index is 1.89. The second kappa shape index (κ2) is 9.34. The summed E-state index contributed by atoms with van der Waals surface area (Å²) >= 11 is 0. The van der Waals surface area contributed by atoms with Crippen LogP contribution in [-0.2, 0) is 11.2 Å². The molecule has 0 amide bonds. The molecule has 0 heterocycles. The maximum absolute atomic E-state index is 11.1. The van der Waals surface area contributed by atoms with E-state index in [9.17, 15) is 4.79 Å². The fourth-order valence-corrected chi connectivity index (χ4v) is 2.73. The van der Waals surface area contributed by atoms with Crippen LogP contribution in [0.25, 0.3) is 10.8 Å². The minimum Gasteiger partial charge on any atom is -0.494 e. The topological polar surface area (TPSA) is 26.3 Å². The Morgan fingerprint density at radius 2 is 1.70 bits per heavy atom. The Morgan fingerprint density at radius 3 is 2.48 bits per heavy atom. The highest BCUT2D eigenvalue weighted by atomic mass is 16.5. The molecule has 2 heteroatoms. The van der Waals surface area contributed by atoms with E-state index in [1.165, 1.54) is 42.0 Å². The lowest BCUT2D eigenvalue weighted by atomic mass is 10.0. The van der Waals surface area contributed by atoms with E-state index in [0.717, 1.165) is 25.2 Å². The molecule has 0 unspecified atom stereocenters. The summed E-state index contributed by atoms with van der Waals surface area (Å²) in [6, 6.07) is 12.7. The van der Waals surface area contributed by atoms with Gasteiger partial charge in [-0.2, -0.15) is 0 Å². The molecule has 0 aliphatic rings. The number of ketones is 1. The van der Waals surface area contributed by atoms with Crippen molar-refractivity contribution in [3.8, 4) is 5.75 Å². The van der Waals surface area contributed by atoms with Crippen molar-refractivity contribution in [2.75, 3.05) is 6.61 Å². The van der Waals surface area contributed by atoms with Crippen LogP contribution in [0.2, 0.25) is 0 Å². The number of aryl methyl sites for hydroxylation is 1. The number of carbonyl (C=O) groups excluding carboxylic acids is 1. The normalized spacial score (nSPS) is 10.9. The summed E-state index contributed by atoms with van der Waals surface area (Å²) in [4.78, 5) is 11.1. The van der Waals surface area contributed by atoms with Gasteiger partial charge in [-0.3, -0.25) is 0 Å². The Morgan fingerprint density at radius 1 is 0.957 bits per heavy atom. The summed E-state index contributed by atoms with van der Waals surface area (Å²) in [5.74, 6) is 1.19. The van der Waals surface area contributed by atoms with E-state index in [2.05, 4.69) is 37.3 Å². The van der Waals surface area contributed by atoms with Gasteiger partial charge in [0.05, 0.1) is 6.61 Å². The second-order valence-corrected chi connectivity index (χ2v) is 6.31. The molecular formula is C21H28O2. The molecular weight excluding hydrogens is 284 g/mol. The van der Waals surface area contributed by atoms with Gasteiger partial charge in [0.25, 0.3) is 0 Å². The monoisotopic (exact) mass is 312 g/mol. The minimum atomic E-state index is 0.243. The van der Waals surface area contributed by atoms with Crippen molar-refractivity contribution in [2.45, 2.75) is 58.8 Å². The van der Waals surface area contributed by atoms with Crippen LogP contribution >= 0.6 is 0 Å². The zero-order chi connectivity index (χ0) is 16.5. The van der Waals surface area contributed by atoms with Gasteiger partial charge in [-0.1, -0.05) is 56.9 Å². The smallest absolute Gasteiger partial charge is 0.130 e. The van der Waals surface area contributed by atoms with Gasteiger partial charge < -0.3 is 9.53 Å². The molecule has 124 valence electrons. The molecule has 23 heavy (non-hydrogen) atoms. The minimum absolute atomic E-state index is 0.243. The molecule has 2 aromatic rings. The van der Waals surface area contributed by atoms with Gasteiger partial charge in [0.1, 0.15) is 11.5 Å². The standard InChI is InChI=1S/C21H28O2/c1-3-4-5-6-7-14-23-21-13-12-19-15-18(9-8-17(2)22)10-11-20(19)16-21/h10-13,15-16H,3-9,14H2,1-2H3. The number of hydrogen-bond donors (Lipinski definition) is 0. The highest BCUT2D eigenvalue weighted by Crippen LogP contribution is 2.23. The average Bonchev–Trinajstić information content (AvgIpc) is 2.56. The summed E-state index contributed by atoms with van der Waals surface area (Å²) in [7, 11) is 0. The number of rotatable bonds is 10. The summed E-state index contributed by atoms with van der Waals surface area (Å²) in [5.41, 5.74) is 1.22. The third-order valence-electron chi connectivity index (χ3n) is 4.16. The van der Waals surface area contributed by atoms with Gasteiger partial charge in [0.2, 0.25) is 0 Å². The van der Waals surface area contributed by atoms with Crippen LogP contribution in [0.15, 0.2) is 36.4 Å². The van der Waals surface area contributed by atoms with Crippen LogP contribution < -0.4 is 4.74 Å². The van der Waals surface area contributed by atoms with Gasteiger partial charge >= 0.3 is 0 Å². The highest BCUT2D eigenvalue weighted by Gasteiger charge is 2.01. The molecule has 0 saturated carbocycles. The molecule has 0 bridgehead atoms. The third kappa shape index (κ3) is 6.05. The molecule has 2 rings (SSSR count). The van der Waals surface area contributed by atoms with E-state index < -0.39 is 0 Å². The number of unbranched alkanes of at least 4 members (excludes halogenated alkanes) is 4. The highest BCUT2D eigenvalue weighted by molar-refractivity contribution is 5.84. The number of Topliss-reactive ketones (excluding diaryl/α,β-unsaturated/α-hetero) is 1. The Bertz CT molecular complexity index is 631. The molecule has 0 radical (unpaired) electrons. The van der Waals surface area contributed by atoms with Gasteiger partial charge in [0.15, 0.2) is 0 Å². The lowest BCUT2D eigenvalue weighted by Crippen LogP contribution is -1.97. The van der Waals surface area contributed by atoms with E-state index in [1.807, 2.05) is 6.07 Å². The van der Waals surface area contributed by atoms with Crippen molar-refractivity contribution >= 4 is 16.6 Å². The predicted molar refractivity (Wildman–Crippen MR) is 97.2 cm³/mol. The molecule has 2 nitrogen and oxygen atoms in total. The van der Waals surface area contributed by atoms with E-state index in [0.29, 0.717) is 6.42 Å². The lowest BCUT2D eigenvalue weighted by Gasteiger charge is -2.08. The SMILES string of the molecule is CCCCCCCOc1ccc2cc(CCC(C)=O)ccc2c1. The molecule has 0 fully saturated rings. The van der Waals surface area contributed by atoms with Crippen molar-refractivity contribution in [1.29, 1.82) is 0 Å². The van der Waals surface area contributed by atoms with Crippen molar-refractivity contribution in [2.24, 2.45) is 0 Å². The maximum atomic E-state index is 11.1. The molecule has 0 aliphatic heterocycles. The van der Waals surface area contributed by atoms with Crippen LogP contribution in [0, 0.1) is 0 Å². The average molecular weight is 312 g/mol. The van der Waals surface area contributed by atoms with Crippen molar-refractivity contribution < 1.29 is 9.53 Å². The zero-order valence-corrected chi connectivity index (χ0v) is 14.4. The first-order valence-electron chi connectivity index (χ1n) is 8.84. The number of hydrogen-bond acceptors (Lipinski definition) is 2. The van der Waals surface area contributed by atoms with E-state index in [-0.39, 0.29) is 5.78 Å². The second-order valence-electron chi connectivity index (χ2n) is 6.31. The molecule has 0 aromatic heterocycles. The summed E-state index contributed by atoms with van der Waals surface area (Å²) in [6.45, 7) is 4.68. The van der Waals surface area contributed by atoms with E-state index >= 15 is 0 Å². The Labute approximate surface area is 139 Å². The zero-order valence-electron chi connectivity index (χ0n) is 14.4. The van der Waals surface area contributed by atoms with Crippen LogP contribution in [0.3, 0.4) is 0 Å². The number of carbonyl (C=O) groups is 1. The quantitative estimate of drug-likeness (QED) is 0.525. The van der Waals surface area contributed by atoms with Crippen LogP contribution in [0.4, 0.5) is 0 Å². The maximum Gasteiger partial charge on any atom is 0.130 e. The number of ether oxygens (including phenoxy) is 1. The van der Waals surface area contributed by atoms with Crippen LogP contribution in [0.1, 0.15) is 57.9 Å². The first-order valence-corrected chi connectivity index (χ1v) is 8.84. The fraction of sp³-hybridized carbons (Fsp3) is 0.476. The third-order valence-corrected chi connectivity index (χ3v) is 4.16. The first-order chi connectivity index (χ1) is 11.2. The number of fused-ring (bicyclic) bond motifs is 1. The van der Waals surface area contributed by atoms with E-state index in [1.54, 1.807) is 6.92 Å². The molecule has 0 N–H and O–H groups in total. The van der Waals surface area contributed by atoms with Crippen LogP contribution in [-0.4, -0.2) is 12.4 Å². The van der Waals surface area contributed by atoms with Gasteiger partial charge in [0, 0.05) is 6.42 Å². The first kappa shape index (κ1) is 17.5. The molecule has 0 spiro atoms. The van der Waals surface area contributed by atoms with Gasteiger partial charge in [-0.25, -0.2) is 0 Å². The molecule has 0 aliphatic carbocycles. The van der Waals surface area contributed by atoms with Crippen molar-refractivity contribution in [3.05, 3.63) is 42.0 Å². The van der Waals surface area contributed by atoms with Gasteiger partial charge in [-0.05, 0) is 48.2 Å². The van der Waals surface area contributed by atoms with Gasteiger partial charge in [-0.15, -0.1) is 0 Å². The predicted octanol–water partition coefficient (Wildman–Crippen LogP) is 5.71. The largest absolute Gasteiger partial charge is 0.494 e.